The molecule has 4 rings (SSSR count). The first-order chi connectivity index (χ1) is 11.2. The number of pyridine rings is 1. The largest absolute Gasteiger partial charge is 0.465 e. The highest BCUT2D eigenvalue weighted by Crippen LogP contribution is 2.41. The molecule has 1 aliphatic rings. The minimum absolute atomic E-state index is 0.363. The first-order valence-corrected chi connectivity index (χ1v) is 7.38. The lowest BCUT2D eigenvalue weighted by molar-refractivity contribution is 0.0601. The maximum absolute atomic E-state index is 13.5. The number of methoxy groups -OCH3 is 1. The van der Waals surface area contributed by atoms with Crippen LogP contribution in [0.15, 0.2) is 36.7 Å². The number of imidazole rings is 1. The lowest BCUT2D eigenvalue weighted by Crippen LogP contribution is -2.01. The molecule has 0 amide bonds. The molecule has 1 saturated carbocycles. The third-order valence-electron chi connectivity index (χ3n) is 3.99. The zero-order chi connectivity index (χ0) is 16.0. The summed E-state index contributed by atoms with van der Waals surface area (Å²) in [7, 11) is 1.35. The van der Waals surface area contributed by atoms with Crippen LogP contribution in [0.25, 0.3) is 22.4 Å². The van der Waals surface area contributed by atoms with E-state index in [1.807, 2.05) is 6.07 Å². The van der Waals surface area contributed by atoms with Crippen LogP contribution in [0.4, 0.5) is 4.39 Å². The number of hydrogen-bond acceptors (Lipinski definition) is 4. The molecule has 0 N–H and O–H groups in total. The van der Waals surface area contributed by atoms with Crippen LogP contribution in [-0.2, 0) is 4.74 Å². The Balaban J connectivity index is 1.93. The highest BCUT2D eigenvalue weighted by molar-refractivity contribution is 5.94. The molecular weight excluding hydrogens is 297 g/mol. The third kappa shape index (κ3) is 2.36. The maximum atomic E-state index is 13.5. The summed E-state index contributed by atoms with van der Waals surface area (Å²) in [5.74, 6) is -0.120. The molecule has 1 fully saturated rings. The number of hydrogen-bond donors (Lipinski definition) is 0. The predicted octanol–water partition coefficient (Wildman–Crippen LogP) is 3.36. The molecule has 23 heavy (non-hydrogen) atoms. The van der Waals surface area contributed by atoms with Gasteiger partial charge in [-0.25, -0.2) is 14.2 Å². The number of aromatic nitrogens is 3. The van der Waals surface area contributed by atoms with E-state index in [4.69, 9.17) is 4.74 Å². The van der Waals surface area contributed by atoms with Crippen molar-refractivity contribution in [3.8, 4) is 11.4 Å². The van der Waals surface area contributed by atoms with Gasteiger partial charge in [-0.15, -0.1) is 0 Å². The molecule has 0 unspecified atom stereocenters. The topological polar surface area (TPSA) is 57.0 Å². The van der Waals surface area contributed by atoms with E-state index in [1.54, 1.807) is 18.3 Å². The molecule has 6 heteroatoms. The lowest BCUT2D eigenvalue weighted by Gasteiger charge is -2.07. The molecule has 5 nitrogen and oxygen atoms in total. The van der Waals surface area contributed by atoms with Gasteiger partial charge in [-0.2, -0.15) is 0 Å². The Hall–Kier alpha value is -2.76. The Morgan fingerprint density at radius 1 is 1.30 bits per heavy atom. The fraction of sp³-hybridized carbons (Fsp3) is 0.235. The molecule has 0 radical (unpaired) electrons. The summed E-state index contributed by atoms with van der Waals surface area (Å²) in [4.78, 5) is 20.2. The van der Waals surface area contributed by atoms with Gasteiger partial charge in [0.25, 0.3) is 0 Å². The summed E-state index contributed by atoms with van der Waals surface area (Å²) in [6.07, 6.45) is 4.91. The highest BCUT2D eigenvalue weighted by Gasteiger charge is 2.29. The first-order valence-electron chi connectivity index (χ1n) is 7.38. The zero-order valence-corrected chi connectivity index (χ0v) is 12.5. The van der Waals surface area contributed by atoms with Gasteiger partial charge < -0.3 is 9.30 Å². The van der Waals surface area contributed by atoms with Crippen molar-refractivity contribution >= 4 is 17.0 Å². The Morgan fingerprint density at radius 3 is 2.83 bits per heavy atom. The van der Waals surface area contributed by atoms with Gasteiger partial charge in [0.05, 0.1) is 29.9 Å². The predicted molar refractivity (Wildman–Crippen MR) is 82.5 cm³/mol. The van der Waals surface area contributed by atoms with E-state index < -0.39 is 11.8 Å². The van der Waals surface area contributed by atoms with Gasteiger partial charge in [-0.3, -0.25) is 4.98 Å². The van der Waals surface area contributed by atoms with Crippen LogP contribution >= 0.6 is 0 Å². The van der Waals surface area contributed by atoms with Gasteiger partial charge in [0, 0.05) is 17.8 Å². The number of nitrogens with zero attached hydrogens (tertiary/aromatic N) is 3. The number of ether oxygens (including phenoxy) is 1. The SMILES string of the molecule is COC(=O)c1ccc2c(c1)nc(-c1cncc(F)c1)n2C1CC1. The molecule has 0 atom stereocenters. The molecule has 3 aromatic rings. The molecule has 0 bridgehead atoms. The molecule has 1 aromatic carbocycles. The summed E-state index contributed by atoms with van der Waals surface area (Å²) >= 11 is 0. The van der Waals surface area contributed by atoms with E-state index in [-0.39, 0.29) is 0 Å². The summed E-state index contributed by atoms with van der Waals surface area (Å²) < 4.78 is 20.4. The standard InChI is InChI=1S/C17H14FN3O2/c1-23-17(22)10-2-5-15-14(7-10)20-16(21(15)13-3-4-13)11-6-12(18)9-19-8-11/h2,5-9,13H,3-4H2,1H3. The van der Waals surface area contributed by atoms with Gasteiger partial charge in [0.2, 0.25) is 0 Å². The number of halogens is 1. The van der Waals surface area contributed by atoms with E-state index in [0.29, 0.717) is 28.5 Å². The minimum Gasteiger partial charge on any atom is -0.465 e. The van der Waals surface area contributed by atoms with Crippen molar-refractivity contribution in [2.45, 2.75) is 18.9 Å². The Morgan fingerprint density at radius 2 is 2.13 bits per heavy atom. The quantitative estimate of drug-likeness (QED) is 0.696. The summed E-state index contributed by atoms with van der Waals surface area (Å²) in [5, 5.41) is 0. The lowest BCUT2D eigenvalue weighted by atomic mass is 10.2. The first kappa shape index (κ1) is 13.9. The van der Waals surface area contributed by atoms with E-state index in [1.165, 1.54) is 19.4 Å². The van der Waals surface area contributed by atoms with Crippen LogP contribution in [-0.4, -0.2) is 27.6 Å². The minimum atomic E-state index is -0.401. The monoisotopic (exact) mass is 311 g/mol. The average molecular weight is 311 g/mol. The van der Waals surface area contributed by atoms with Gasteiger partial charge in [-0.05, 0) is 37.1 Å². The van der Waals surface area contributed by atoms with Crippen molar-refractivity contribution in [2.75, 3.05) is 7.11 Å². The Labute approximate surface area is 131 Å². The van der Waals surface area contributed by atoms with Crippen molar-refractivity contribution < 1.29 is 13.9 Å². The van der Waals surface area contributed by atoms with Crippen molar-refractivity contribution in [3.05, 3.63) is 48.0 Å². The molecule has 2 heterocycles. The van der Waals surface area contributed by atoms with Crippen LogP contribution < -0.4 is 0 Å². The number of benzene rings is 1. The van der Waals surface area contributed by atoms with E-state index in [0.717, 1.165) is 18.4 Å². The maximum Gasteiger partial charge on any atom is 0.337 e. The molecule has 2 aromatic heterocycles. The van der Waals surface area contributed by atoms with E-state index in [9.17, 15) is 9.18 Å². The van der Waals surface area contributed by atoms with Crippen LogP contribution in [0.2, 0.25) is 0 Å². The van der Waals surface area contributed by atoms with Crippen molar-refractivity contribution in [3.63, 3.8) is 0 Å². The average Bonchev–Trinajstić information content (AvgIpc) is 3.33. The molecular formula is C17H14FN3O2. The third-order valence-corrected chi connectivity index (χ3v) is 3.99. The van der Waals surface area contributed by atoms with E-state index >= 15 is 0 Å². The number of carbonyl (C=O) groups excluding carboxylic acids is 1. The molecule has 116 valence electrons. The number of rotatable bonds is 3. The van der Waals surface area contributed by atoms with Crippen LogP contribution in [0.1, 0.15) is 29.2 Å². The fourth-order valence-electron chi connectivity index (χ4n) is 2.78. The smallest absolute Gasteiger partial charge is 0.337 e. The number of carbonyl (C=O) groups is 1. The summed E-state index contributed by atoms with van der Waals surface area (Å²) in [5.41, 5.74) is 2.70. The van der Waals surface area contributed by atoms with Gasteiger partial charge in [0.15, 0.2) is 0 Å². The molecule has 0 spiro atoms. The van der Waals surface area contributed by atoms with E-state index in [2.05, 4.69) is 14.5 Å². The Kier molecular flexibility index (Phi) is 3.11. The second-order valence-electron chi connectivity index (χ2n) is 5.62. The Bertz CT molecular complexity index is 915. The van der Waals surface area contributed by atoms with Crippen molar-refractivity contribution in [2.24, 2.45) is 0 Å². The summed E-state index contributed by atoms with van der Waals surface area (Å²) in [6, 6.07) is 7.08. The fourth-order valence-corrected chi connectivity index (χ4v) is 2.78. The van der Waals surface area contributed by atoms with Crippen LogP contribution in [0.3, 0.4) is 0 Å². The summed E-state index contributed by atoms with van der Waals surface area (Å²) in [6.45, 7) is 0. The normalized spacial score (nSPS) is 14.2. The number of fused-ring (bicyclic) bond motifs is 1. The molecule has 0 saturated heterocycles. The van der Waals surface area contributed by atoms with Gasteiger partial charge in [0.1, 0.15) is 11.6 Å². The van der Waals surface area contributed by atoms with Crippen molar-refractivity contribution in [1.29, 1.82) is 0 Å². The second-order valence-corrected chi connectivity index (χ2v) is 5.62. The van der Waals surface area contributed by atoms with Crippen molar-refractivity contribution in [1.82, 2.24) is 14.5 Å². The van der Waals surface area contributed by atoms with Crippen LogP contribution in [0, 0.1) is 5.82 Å². The second kappa shape index (κ2) is 5.15. The molecule has 0 aliphatic heterocycles. The zero-order valence-electron chi connectivity index (χ0n) is 12.5. The highest BCUT2D eigenvalue weighted by atomic mass is 19.1. The van der Waals surface area contributed by atoms with Crippen LogP contribution in [0.5, 0.6) is 0 Å². The van der Waals surface area contributed by atoms with Gasteiger partial charge in [-0.1, -0.05) is 0 Å². The molecule has 1 aliphatic carbocycles. The number of esters is 1. The van der Waals surface area contributed by atoms with Gasteiger partial charge >= 0.3 is 5.97 Å².